The number of nitrogen functional groups attached to an aromatic ring is 1. The van der Waals surface area contributed by atoms with Crippen molar-refractivity contribution in [2.75, 3.05) is 39.3 Å². The van der Waals surface area contributed by atoms with Crippen molar-refractivity contribution in [2.24, 2.45) is 0 Å². The number of thiophene rings is 1. The molecule has 0 aliphatic rings. The Labute approximate surface area is 115 Å². The first-order chi connectivity index (χ1) is 9.20. The molecule has 0 fully saturated rings. The smallest absolute Gasteiger partial charge is 0.227 e. The van der Waals surface area contributed by atoms with Crippen LogP contribution in [0.2, 0.25) is 0 Å². The zero-order valence-electron chi connectivity index (χ0n) is 11.0. The van der Waals surface area contributed by atoms with E-state index >= 15 is 0 Å². The van der Waals surface area contributed by atoms with Crippen LogP contribution in [0.3, 0.4) is 0 Å². The zero-order valence-corrected chi connectivity index (χ0v) is 11.8. The van der Waals surface area contributed by atoms with Crippen LogP contribution in [-0.4, -0.2) is 43.5 Å². The maximum absolute atomic E-state index is 5.66. The molecule has 6 nitrogen and oxygen atoms in total. The minimum absolute atomic E-state index is 0.227. The highest BCUT2D eigenvalue weighted by Crippen LogP contribution is 2.30. The number of hydrogen-bond donors (Lipinski definition) is 1. The summed E-state index contributed by atoms with van der Waals surface area (Å²) in [6, 6.07) is 2.00. The Balaban J connectivity index is 1.96. The van der Waals surface area contributed by atoms with E-state index in [4.69, 9.17) is 19.9 Å². The summed E-state index contributed by atoms with van der Waals surface area (Å²) >= 11 is 1.57. The van der Waals surface area contributed by atoms with Gasteiger partial charge in [0, 0.05) is 12.0 Å². The van der Waals surface area contributed by atoms with Gasteiger partial charge in [0.05, 0.1) is 25.2 Å². The van der Waals surface area contributed by atoms with Gasteiger partial charge in [-0.2, -0.15) is 4.98 Å². The van der Waals surface area contributed by atoms with Gasteiger partial charge in [0.15, 0.2) is 0 Å². The number of nitrogens with two attached hydrogens (primary N) is 1. The molecule has 0 amide bonds. The van der Waals surface area contributed by atoms with Gasteiger partial charge in [-0.05, 0) is 13.0 Å². The third-order valence-corrected chi connectivity index (χ3v) is 3.34. The number of aromatic nitrogens is 2. The summed E-state index contributed by atoms with van der Waals surface area (Å²) in [5.41, 5.74) is 5.66. The van der Waals surface area contributed by atoms with Crippen molar-refractivity contribution in [2.45, 2.75) is 6.92 Å². The standard InChI is InChI=1S/C12H17N3O3S/c1-8-7-9-10(14-12(13)15-11(9)19-8)18-6-5-17-4-3-16-2/h7H,3-6H2,1-2H3,(H2,13,14,15). The molecule has 0 aromatic carbocycles. The largest absolute Gasteiger partial charge is 0.475 e. The maximum atomic E-state index is 5.66. The fourth-order valence-corrected chi connectivity index (χ4v) is 2.46. The lowest BCUT2D eigenvalue weighted by molar-refractivity contribution is 0.0540. The van der Waals surface area contributed by atoms with Crippen molar-refractivity contribution in [1.82, 2.24) is 9.97 Å². The van der Waals surface area contributed by atoms with Gasteiger partial charge in [-0.15, -0.1) is 11.3 Å². The predicted octanol–water partition coefficient (Wildman–Crippen LogP) is 1.62. The first kappa shape index (κ1) is 14.0. The van der Waals surface area contributed by atoms with Crippen LogP contribution in [0.5, 0.6) is 5.88 Å². The molecule has 0 spiro atoms. The molecule has 0 aliphatic heterocycles. The number of rotatable bonds is 7. The van der Waals surface area contributed by atoms with E-state index in [9.17, 15) is 0 Å². The van der Waals surface area contributed by atoms with Crippen molar-refractivity contribution < 1.29 is 14.2 Å². The average molecular weight is 283 g/mol. The van der Waals surface area contributed by atoms with Crippen molar-refractivity contribution in [3.8, 4) is 5.88 Å². The van der Waals surface area contributed by atoms with Gasteiger partial charge in [0.1, 0.15) is 11.4 Å². The van der Waals surface area contributed by atoms with E-state index in [-0.39, 0.29) is 5.95 Å². The Hall–Kier alpha value is -1.44. The average Bonchev–Trinajstić information content (AvgIpc) is 2.73. The molecular weight excluding hydrogens is 266 g/mol. The lowest BCUT2D eigenvalue weighted by atomic mass is 10.3. The second-order valence-corrected chi connectivity index (χ2v) is 5.15. The van der Waals surface area contributed by atoms with E-state index in [0.29, 0.717) is 32.3 Å². The van der Waals surface area contributed by atoms with Crippen LogP contribution in [0.1, 0.15) is 4.88 Å². The molecule has 0 radical (unpaired) electrons. The maximum Gasteiger partial charge on any atom is 0.227 e. The van der Waals surface area contributed by atoms with E-state index < -0.39 is 0 Å². The fraction of sp³-hybridized carbons (Fsp3) is 0.500. The number of hydrogen-bond acceptors (Lipinski definition) is 7. The fourth-order valence-electron chi connectivity index (χ4n) is 1.58. The Bertz CT molecular complexity index is 544. The molecule has 2 aromatic rings. The van der Waals surface area contributed by atoms with E-state index in [1.807, 2.05) is 13.0 Å². The first-order valence-electron chi connectivity index (χ1n) is 5.94. The molecule has 0 aliphatic carbocycles. The second kappa shape index (κ2) is 6.65. The Morgan fingerprint density at radius 2 is 2.00 bits per heavy atom. The Morgan fingerprint density at radius 1 is 1.21 bits per heavy atom. The van der Waals surface area contributed by atoms with Crippen LogP contribution >= 0.6 is 11.3 Å². The summed E-state index contributed by atoms with van der Waals surface area (Å²) in [5, 5.41) is 0.897. The summed E-state index contributed by atoms with van der Waals surface area (Å²) in [7, 11) is 1.64. The molecule has 0 saturated carbocycles. The number of ether oxygens (including phenoxy) is 3. The number of nitrogens with zero attached hydrogens (tertiary/aromatic N) is 2. The van der Waals surface area contributed by atoms with E-state index in [0.717, 1.165) is 15.1 Å². The van der Waals surface area contributed by atoms with Gasteiger partial charge in [0.2, 0.25) is 11.8 Å². The Morgan fingerprint density at radius 3 is 2.79 bits per heavy atom. The SMILES string of the molecule is COCCOCCOc1nc(N)nc2sc(C)cc12. The molecule has 2 N–H and O–H groups in total. The van der Waals surface area contributed by atoms with Gasteiger partial charge < -0.3 is 19.9 Å². The molecule has 0 bridgehead atoms. The van der Waals surface area contributed by atoms with Gasteiger partial charge in [-0.3, -0.25) is 0 Å². The lowest BCUT2D eigenvalue weighted by Crippen LogP contribution is -2.11. The zero-order chi connectivity index (χ0) is 13.7. The van der Waals surface area contributed by atoms with E-state index in [2.05, 4.69) is 9.97 Å². The normalized spacial score (nSPS) is 11.1. The molecule has 104 valence electrons. The van der Waals surface area contributed by atoms with Crippen LogP contribution < -0.4 is 10.5 Å². The van der Waals surface area contributed by atoms with Crippen molar-refractivity contribution in [3.63, 3.8) is 0 Å². The van der Waals surface area contributed by atoms with E-state index in [1.54, 1.807) is 18.4 Å². The predicted molar refractivity (Wildman–Crippen MR) is 74.8 cm³/mol. The van der Waals surface area contributed by atoms with Crippen LogP contribution in [-0.2, 0) is 9.47 Å². The lowest BCUT2D eigenvalue weighted by Gasteiger charge is -2.07. The number of methoxy groups -OCH3 is 1. The van der Waals surface area contributed by atoms with Gasteiger partial charge in [0.25, 0.3) is 0 Å². The molecular formula is C12H17N3O3S. The number of aryl methyl sites for hydroxylation is 1. The quantitative estimate of drug-likeness (QED) is 0.778. The molecule has 0 saturated heterocycles. The third-order valence-electron chi connectivity index (χ3n) is 2.40. The van der Waals surface area contributed by atoms with Crippen LogP contribution in [0.4, 0.5) is 5.95 Å². The highest BCUT2D eigenvalue weighted by molar-refractivity contribution is 7.18. The minimum atomic E-state index is 0.227. The van der Waals surface area contributed by atoms with Gasteiger partial charge in [-0.1, -0.05) is 0 Å². The molecule has 2 rings (SSSR count). The summed E-state index contributed by atoms with van der Waals surface area (Å²) < 4.78 is 15.8. The van der Waals surface area contributed by atoms with Crippen LogP contribution in [0, 0.1) is 6.92 Å². The summed E-state index contributed by atoms with van der Waals surface area (Å²) in [5.74, 6) is 0.742. The van der Waals surface area contributed by atoms with Crippen molar-refractivity contribution >= 4 is 27.5 Å². The number of anilines is 1. The number of fused-ring (bicyclic) bond motifs is 1. The van der Waals surface area contributed by atoms with Crippen molar-refractivity contribution in [1.29, 1.82) is 0 Å². The van der Waals surface area contributed by atoms with Gasteiger partial charge >= 0.3 is 0 Å². The highest BCUT2D eigenvalue weighted by Gasteiger charge is 2.10. The van der Waals surface area contributed by atoms with Gasteiger partial charge in [-0.25, -0.2) is 4.98 Å². The molecule has 19 heavy (non-hydrogen) atoms. The highest BCUT2D eigenvalue weighted by atomic mass is 32.1. The molecule has 2 heterocycles. The molecule has 0 atom stereocenters. The molecule has 7 heteroatoms. The monoisotopic (exact) mass is 283 g/mol. The third kappa shape index (κ3) is 3.76. The van der Waals surface area contributed by atoms with Crippen LogP contribution in [0.25, 0.3) is 10.2 Å². The summed E-state index contributed by atoms with van der Waals surface area (Å²) in [6.45, 7) is 4.05. The van der Waals surface area contributed by atoms with E-state index in [1.165, 1.54) is 0 Å². The summed E-state index contributed by atoms with van der Waals surface area (Å²) in [4.78, 5) is 10.3. The minimum Gasteiger partial charge on any atom is -0.475 e. The molecule has 2 aromatic heterocycles. The Kier molecular flexibility index (Phi) is 4.89. The second-order valence-electron chi connectivity index (χ2n) is 3.92. The first-order valence-corrected chi connectivity index (χ1v) is 6.75. The van der Waals surface area contributed by atoms with Crippen molar-refractivity contribution in [3.05, 3.63) is 10.9 Å². The topological polar surface area (TPSA) is 79.5 Å². The molecule has 0 unspecified atom stereocenters. The van der Waals surface area contributed by atoms with Crippen LogP contribution in [0.15, 0.2) is 6.07 Å². The summed E-state index contributed by atoms with van der Waals surface area (Å²) in [6.07, 6.45) is 0.